The minimum absolute atomic E-state index is 0.129. The van der Waals surface area contributed by atoms with Gasteiger partial charge in [0.2, 0.25) is 0 Å². The first-order chi connectivity index (χ1) is 14.7. The van der Waals surface area contributed by atoms with E-state index in [9.17, 15) is 4.79 Å². The van der Waals surface area contributed by atoms with E-state index in [1.54, 1.807) is 0 Å². The number of nitrogens with one attached hydrogen (secondary N) is 1. The number of amides is 2. The predicted octanol–water partition coefficient (Wildman–Crippen LogP) is 6.38. The fraction of sp³-hybridized carbons (Fsp3) is 0.0800. The van der Waals surface area contributed by atoms with E-state index >= 15 is 0 Å². The topological polar surface area (TPSA) is 37.3 Å². The van der Waals surface area contributed by atoms with Gasteiger partial charge in [-0.15, -0.1) is 0 Å². The molecule has 0 aliphatic carbocycles. The zero-order valence-corrected chi connectivity index (χ0v) is 17.8. The number of rotatable bonds is 2. The largest absolute Gasteiger partial charge is 0.322 e. The maximum absolute atomic E-state index is 13.5. The number of carbonyl (C=O) groups is 1. The molecule has 2 amide bonds. The van der Waals surface area contributed by atoms with Crippen molar-refractivity contribution in [2.75, 3.05) is 5.32 Å². The third-order valence-corrected chi connectivity index (χ3v) is 5.96. The molecule has 1 aliphatic rings. The lowest BCUT2D eigenvalue weighted by atomic mass is 10.0. The van der Waals surface area contributed by atoms with Crippen molar-refractivity contribution in [1.29, 1.82) is 0 Å². The zero-order chi connectivity index (χ0) is 20.5. The van der Waals surface area contributed by atoms with E-state index in [-0.39, 0.29) is 12.1 Å². The lowest BCUT2D eigenvalue weighted by Gasteiger charge is -2.31. The Labute approximate surface area is 183 Å². The van der Waals surface area contributed by atoms with Crippen molar-refractivity contribution in [2.24, 2.45) is 0 Å². The quantitative estimate of drug-likeness (QED) is 0.372. The van der Waals surface area contributed by atoms with Gasteiger partial charge >= 0.3 is 6.03 Å². The molecule has 2 heterocycles. The molecule has 4 nitrogen and oxygen atoms in total. The van der Waals surface area contributed by atoms with Crippen LogP contribution in [0.2, 0.25) is 0 Å². The summed E-state index contributed by atoms with van der Waals surface area (Å²) in [6.45, 7) is 0.514. The molecule has 1 atom stereocenters. The summed E-state index contributed by atoms with van der Waals surface area (Å²) in [7, 11) is 0. The van der Waals surface area contributed by atoms with Crippen LogP contribution >= 0.6 is 15.9 Å². The van der Waals surface area contributed by atoms with Gasteiger partial charge in [-0.2, -0.15) is 0 Å². The lowest BCUT2D eigenvalue weighted by Crippen LogP contribution is -2.37. The predicted molar refractivity (Wildman–Crippen MR) is 123 cm³/mol. The van der Waals surface area contributed by atoms with Gasteiger partial charge in [0.05, 0.1) is 18.3 Å². The van der Waals surface area contributed by atoms with Gasteiger partial charge < -0.3 is 14.8 Å². The minimum atomic E-state index is -0.205. The third-order valence-electron chi connectivity index (χ3n) is 5.44. The molecular formula is C25H20BrN3O. The second-order valence-electron chi connectivity index (χ2n) is 7.31. The fourth-order valence-corrected chi connectivity index (χ4v) is 4.32. The van der Waals surface area contributed by atoms with Gasteiger partial charge in [0, 0.05) is 22.1 Å². The zero-order valence-electron chi connectivity index (χ0n) is 16.2. The number of nitrogens with zero attached hydrogens (tertiary/aromatic N) is 2. The molecule has 0 unspecified atom stereocenters. The monoisotopic (exact) mass is 457 g/mol. The highest BCUT2D eigenvalue weighted by molar-refractivity contribution is 9.10. The SMILES string of the molecule is O=C(Nc1ccc(Br)cc1)N1Cc2ccccc2-n2cccc2[C@H]1c1ccccc1. The number of hydrogen-bond donors (Lipinski definition) is 1. The van der Waals surface area contributed by atoms with Crippen molar-refractivity contribution in [3.8, 4) is 5.69 Å². The second kappa shape index (κ2) is 7.84. The third kappa shape index (κ3) is 3.42. The molecule has 3 aromatic carbocycles. The number of fused-ring (bicyclic) bond motifs is 3. The van der Waals surface area contributed by atoms with Crippen LogP contribution in [0.4, 0.5) is 10.5 Å². The van der Waals surface area contributed by atoms with E-state index < -0.39 is 0 Å². The Morgan fingerprint density at radius 3 is 2.40 bits per heavy atom. The van der Waals surface area contributed by atoms with Crippen LogP contribution in [0.15, 0.2) is 102 Å². The molecule has 0 radical (unpaired) electrons. The first-order valence-corrected chi connectivity index (χ1v) is 10.6. The van der Waals surface area contributed by atoms with Crippen molar-refractivity contribution in [2.45, 2.75) is 12.6 Å². The summed E-state index contributed by atoms with van der Waals surface area (Å²) in [6.07, 6.45) is 2.07. The van der Waals surface area contributed by atoms with Crippen molar-refractivity contribution in [1.82, 2.24) is 9.47 Å². The number of benzene rings is 3. The summed E-state index contributed by atoms with van der Waals surface area (Å²) in [5.41, 5.74) is 5.13. The number of urea groups is 1. The van der Waals surface area contributed by atoms with E-state index in [1.165, 1.54) is 0 Å². The van der Waals surface area contributed by atoms with Crippen LogP contribution in [0, 0.1) is 0 Å². The van der Waals surface area contributed by atoms with Crippen LogP contribution < -0.4 is 5.32 Å². The fourth-order valence-electron chi connectivity index (χ4n) is 4.05. The Kier molecular flexibility index (Phi) is 4.89. The van der Waals surface area contributed by atoms with Crippen molar-refractivity contribution < 1.29 is 4.79 Å². The van der Waals surface area contributed by atoms with Crippen LogP contribution in [0.25, 0.3) is 5.69 Å². The van der Waals surface area contributed by atoms with Crippen molar-refractivity contribution in [3.05, 3.63) is 118 Å². The molecule has 5 heteroatoms. The molecule has 1 N–H and O–H groups in total. The molecule has 0 bridgehead atoms. The number of carbonyl (C=O) groups excluding carboxylic acids is 1. The second-order valence-corrected chi connectivity index (χ2v) is 8.23. The molecule has 0 fully saturated rings. The lowest BCUT2D eigenvalue weighted by molar-refractivity contribution is 0.194. The van der Waals surface area contributed by atoms with Gasteiger partial charge in [-0.1, -0.05) is 64.5 Å². The Balaban J connectivity index is 1.62. The molecule has 1 aromatic heterocycles. The van der Waals surface area contributed by atoms with Gasteiger partial charge in [0.25, 0.3) is 0 Å². The van der Waals surface area contributed by atoms with E-state index in [1.807, 2.05) is 65.6 Å². The van der Waals surface area contributed by atoms with Crippen molar-refractivity contribution >= 4 is 27.6 Å². The summed E-state index contributed by atoms with van der Waals surface area (Å²) >= 11 is 3.44. The van der Waals surface area contributed by atoms with E-state index in [2.05, 4.69) is 62.3 Å². The molecule has 5 rings (SSSR count). The van der Waals surface area contributed by atoms with E-state index in [4.69, 9.17) is 0 Å². The maximum atomic E-state index is 13.5. The summed E-state index contributed by atoms with van der Waals surface area (Å²) in [6, 6.07) is 29.9. The van der Waals surface area contributed by atoms with Crippen molar-refractivity contribution in [3.63, 3.8) is 0 Å². The summed E-state index contributed by atoms with van der Waals surface area (Å²) in [4.78, 5) is 15.4. The highest BCUT2D eigenvalue weighted by Crippen LogP contribution is 2.36. The summed E-state index contributed by atoms with van der Waals surface area (Å²) in [5.74, 6) is 0. The molecule has 0 saturated carbocycles. The van der Waals surface area contributed by atoms with Crippen LogP contribution in [-0.2, 0) is 6.54 Å². The molecule has 0 saturated heterocycles. The Hall–Kier alpha value is -3.31. The maximum Gasteiger partial charge on any atom is 0.322 e. The van der Waals surface area contributed by atoms with Crippen LogP contribution in [0.1, 0.15) is 22.9 Å². The highest BCUT2D eigenvalue weighted by atomic mass is 79.9. The van der Waals surface area contributed by atoms with Crippen LogP contribution in [-0.4, -0.2) is 15.5 Å². The number of hydrogen-bond acceptors (Lipinski definition) is 1. The molecule has 30 heavy (non-hydrogen) atoms. The number of anilines is 1. The standard InChI is InChI=1S/C25H20BrN3O/c26-20-12-14-21(15-13-20)27-25(30)29-17-19-9-4-5-10-22(19)28-16-6-11-23(28)24(29)18-7-2-1-3-8-18/h1-16,24H,17H2,(H,27,30)/t24-/m1/s1. The van der Waals surface area contributed by atoms with Gasteiger partial charge in [0.1, 0.15) is 0 Å². The van der Waals surface area contributed by atoms with Gasteiger partial charge in [-0.3, -0.25) is 0 Å². The van der Waals surface area contributed by atoms with Gasteiger partial charge in [-0.05, 0) is 53.6 Å². The summed E-state index contributed by atoms with van der Waals surface area (Å²) < 4.78 is 3.17. The van der Waals surface area contributed by atoms with Gasteiger partial charge in [0.15, 0.2) is 0 Å². The van der Waals surface area contributed by atoms with Gasteiger partial charge in [-0.25, -0.2) is 4.79 Å². The Bertz CT molecular complexity index is 1180. The number of para-hydroxylation sites is 1. The normalized spacial score (nSPS) is 15.1. The number of aromatic nitrogens is 1. The number of halogens is 1. The molecule has 0 spiro atoms. The van der Waals surface area contributed by atoms with Crippen LogP contribution in [0.3, 0.4) is 0 Å². The Morgan fingerprint density at radius 1 is 0.867 bits per heavy atom. The Morgan fingerprint density at radius 2 is 1.60 bits per heavy atom. The first kappa shape index (κ1) is 18.7. The van der Waals surface area contributed by atoms with Crippen LogP contribution in [0.5, 0.6) is 0 Å². The smallest absolute Gasteiger partial charge is 0.318 e. The molecular weight excluding hydrogens is 438 g/mol. The first-order valence-electron chi connectivity index (χ1n) is 9.84. The minimum Gasteiger partial charge on any atom is -0.318 e. The average Bonchev–Trinajstić information content (AvgIpc) is 3.20. The van der Waals surface area contributed by atoms with E-state index in [0.29, 0.717) is 6.54 Å². The molecule has 1 aliphatic heterocycles. The average molecular weight is 458 g/mol. The highest BCUT2D eigenvalue weighted by Gasteiger charge is 2.32. The molecule has 148 valence electrons. The van der Waals surface area contributed by atoms with E-state index in [0.717, 1.165) is 32.7 Å². The summed E-state index contributed by atoms with van der Waals surface area (Å²) in [5, 5.41) is 3.08. The molecule has 4 aromatic rings.